The quantitative estimate of drug-likeness (QED) is 0.830. The van der Waals surface area contributed by atoms with Crippen molar-refractivity contribution in [2.75, 3.05) is 14.2 Å². The van der Waals surface area contributed by atoms with E-state index in [0.29, 0.717) is 24.3 Å². The number of hydrogen-bond acceptors (Lipinski definition) is 4. The summed E-state index contributed by atoms with van der Waals surface area (Å²) in [5, 5.41) is 9.67. The Morgan fingerprint density at radius 3 is 2.12 bits per heavy atom. The van der Waals surface area contributed by atoms with Crippen LogP contribution in [0.2, 0.25) is 0 Å². The molecular formula is C12H16O4. The molecule has 0 aromatic heterocycles. The van der Waals surface area contributed by atoms with Gasteiger partial charge in [0, 0.05) is 12.8 Å². The third-order valence-corrected chi connectivity index (χ3v) is 2.34. The van der Waals surface area contributed by atoms with Crippen LogP contribution in [0.1, 0.15) is 18.9 Å². The third kappa shape index (κ3) is 2.66. The molecule has 1 N–H and O–H groups in total. The van der Waals surface area contributed by atoms with E-state index in [9.17, 15) is 9.90 Å². The van der Waals surface area contributed by atoms with Gasteiger partial charge in [-0.1, -0.05) is 6.92 Å². The lowest BCUT2D eigenvalue weighted by Crippen LogP contribution is -2.01. The van der Waals surface area contributed by atoms with Gasteiger partial charge in [-0.2, -0.15) is 0 Å². The minimum Gasteiger partial charge on any atom is -0.502 e. The smallest absolute Gasteiger partial charge is 0.200 e. The number of carbonyl (C=O) groups is 1. The number of ketones is 1. The Labute approximate surface area is 94.8 Å². The number of methoxy groups -OCH3 is 2. The summed E-state index contributed by atoms with van der Waals surface area (Å²) in [5.74, 6) is 0.726. The lowest BCUT2D eigenvalue weighted by atomic mass is 10.1. The maximum Gasteiger partial charge on any atom is 0.200 e. The van der Waals surface area contributed by atoms with E-state index in [4.69, 9.17) is 9.47 Å². The molecular weight excluding hydrogens is 208 g/mol. The van der Waals surface area contributed by atoms with Crippen LogP contribution in [0.25, 0.3) is 0 Å². The first-order valence-electron chi connectivity index (χ1n) is 5.07. The highest BCUT2D eigenvalue weighted by Crippen LogP contribution is 2.37. The summed E-state index contributed by atoms with van der Waals surface area (Å²) in [5.41, 5.74) is 0.776. The van der Waals surface area contributed by atoms with Crippen LogP contribution in [0, 0.1) is 0 Å². The maximum atomic E-state index is 11.3. The normalized spacial score (nSPS) is 9.94. The lowest BCUT2D eigenvalue weighted by Gasteiger charge is -2.10. The molecule has 1 rings (SSSR count). The molecule has 0 unspecified atom stereocenters. The summed E-state index contributed by atoms with van der Waals surface area (Å²) in [6.45, 7) is 1.82. The molecule has 4 heteroatoms. The van der Waals surface area contributed by atoms with Crippen molar-refractivity contribution in [1.29, 1.82) is 0 Å². The molecule has 0 saturated carbocycles. The monoisotopic (exact) mass is 224 g/mol. The number of aromatic hydroxyl groups is 1. The Balaban J connectivity index is 3.06. The fourth-order valence-corrected chi connectivity index (χ4v) is 1.40. The molecule has 0 bridgehead atoms. The minimum absolute atomic E-state index is 0.0438. The molecule has 1 aromatic rings. The van der Waals surface area contributed by atoms with Crippen LogP contribution < -0.4 is 9.47 Å². The van der Waals surface area contributed by atoms with Gasteiger partial charge in [0.2, 0.25) is 5.75 Å². The molecule has 0 radical (unpaired) electrons. The van der Waals surface area contributed by atoms with E-state index in [-0.39, 0.29) is 11.5 Å². The van der Waals surface area contributed by atoms with Crippen molar-refractivity contribution in [3.05, 3.63) is 17.7 Å². The Morgan fingerprint density at radius 1 is 1.25 bits per heavy atom. The van der Waals surface area contributed by atoms with Gasteiger partial charge in [0.1, 0.15) is 5.78 Å². The first-order valence-corrected chi connectivity index (χ1v) is 5.07. The summed E-state index contributed by atoms with van der Waals surface area (Å²) in [6.07, 6.45) is 0.814. The molecule has 0 spiro atoms. The predicted octanol–water partition coefficient (Wildman–Crippen LogP) is 1.93. The van der Waals surface area contributed by atoms with Crippen LogP contribution in [0.3, 0.4) is 0 Å². The Morgan fingerprint density at radius 2 is 1.75 bits per heavy atom. The molecule has 0 aliphatic heterocycles. The molecule has 0 aliphatic rings. The van der Waals surface area contributed by atoms with Gasteiger partial charge < -0.3 is 14.6 Å². The second-order valence-electron chi connectivity index (χ2n) is 3.42. The van der Waals surface area contributed by atoms with Gasteiger partial charge in [-0.15, -0.1) is 0 Å². The van der Waals surface area contributed by atoms with Gasteiger partial charge in [0.15, 0.2) is 11.5 Å². The molecule has 4 nitrogen and oxygen atoms in total. The van der Waals surface area contributed by atoms with Crippen molar-refractivity contribution < 1.29 is 19.4 Å². The Hall–Kier alpha value is -1.71. The van der Waals surface area contributed by atoms with E-state index in [2.05, 4.69) is 0 Å². The number of benzene rings is 1. The SMILES string of the molecule is CCC(=O)Cc1cc(OC)c(O)c(OC)c1. The number of hydrogen-bond donors (Lipinski definition) is 1. The van der Waals surface area contributed by atoms with Crippen molar-refractivity contribution in [1.82, 2.24) is 0 Å². The van der Waals surface area contributed by atoms with Crippen LogP contribution in [-0.2, 0) is 11.2 Å². The molecule has 0 atom stereocenters. The zero-order chi connectivity index (χ0) is 12.1. The average Bonchev–Trinajstić information content (AvgIpc) is 2.30. The molecule has 88 valence electrons. The third-order valence-electron chi connectivity index (χ3n) is 2.34. The highest BCUT2D eigenvalue weighted by molar-refractivity contribution is 5.81. The summed E-state index contributed by atoms with van der Waals surface area (Å²) >= 11 is 0. The molecule has 1 aromatic carbocycles. The molecule has 16 heavy (non-hydrogen) atoms. The van der Waals surface area contributed by atoms with Crippen molar-refractivity contribution >= 4 is 5.78 Å². The summed E-state index contributed by atoms with van der Waals surface area (Å²) in [7, 11) is 2.92. The lowest BCUT2D eigenvalue weighted by molar-refractivity contribution is -0.118. The number of phenols is 1. The Bertz CT molecular complexity index is 360. The van der Waals surface area contributed by atoms with Gasteiger partial charge in [-0.25, -0.2) is 0 Å². The molecule has 0 aliphatic carbocycles. The number of phenolic OH excluding ortho intramolecular Hbond substituents is 1. The first-order chi connectivity index (χ1) is 7.62. The van der Waals surface area contributed by atoms with Gasteiger partial charge in [-0.3, -0.25) is 4.79 Å². The van der Waals surface area contributed by atoms with Crippen LogP contribution in [0.15, 0.2) is 12.1 Å². The molecule has 0 heterocycles. The second-order valence-corrected chi connectivity index (χ2v) is 3.42. The van der Waals surface area contributed by atoms with Crippen LogP contribution in [0.5, 0.6) is 17.2 Å². The zero-order valence-corrected chi connectivity index (χ0v) is 9.74. The van der Waals surface area contributed by atoms with Gasteiger partial charge >= 0.3 is 0 Å². The molecule has 0 saturated heterocycles. The maximum absolute atomic E-state index is 11.3. The minimum atomic E-state index is -0.0438. The number of rotatable bonds is 5. The largest absolute Gasteiger partial charge is 0.502 e. The van der Waals surface area contributed by atoms with Crippen molar-refractivity contribution in [2.45, 2.75) is 19.8 Å². The number of carbonyl (C=O) groups excluding carboxylic acids is 1. The van der Waals surface area contributed by atoms with Crippen molar-refractivity contribution in [3.63, 3.8) is 0 Å². The Kier molecular flexibility index (Phi) is 4.17. The highest BCUT2D eigenvalue weighted by atomic mass is 16.5. The van der Waals surface area contributed by atoms with Crippen LogP contribution in [-0.4, -0.2) is 25.1 Å². The average molecular weight is 224 g/mol. The molecule has 0 fully saturated rings. The van der Waals surface area contributed by atoms with Crippen molar-refractivity contribution in [3.8, 4) is 17.2 Å². The predicted molar refractivity (Wildman–Crippen MR) is 60.2 cm³/mol. The van der Waals surface area contributed by atoms with Crippen molar-refractivity contribution in [2.24, 2.45) is 0 Å². The van der Waals surface area contributed by atoms with Gasteiger partial charge in [-0.05, 0) is 17.7 Å². The van der Waals surface area contributed by atoms with Gasteiger partial charge in [0.05, 0.1) is 14.2 Å². The van der Waals surface area contributed by atoms with E-state index in [1.807, 2.05) is 6.92 Å². The molecule has 0 amide bonds. The fourth-order valence-electron chi connectivity index (χ4n) is 1.40. The zero-order valence-electron chi connectivity index (χ0n) is 9.74. The highest BCUT2D eigenvalue weighted by Gasteiger charge is 2.12. The van der Waals surface area contributed by atoms with Crippen LogP contribution >= 0.6 is 0 Å². The van der Waals surface area contributed by atoms with Gasteiger partial charge in [0.25, 0.3) is 0 Å². The summed E-state index contributed by atoms with van der Waals surface area (Å²) in [4.78, 5) is 11.3. The summed E-state index contributed by atoms with van der Waals surface area (Å²) < 4.78 is 10.0. The topological polar surface area (TPSA) is 55.8 Å². The standard InChI is InChI=1S/C12H16O4/c1-4-9(13)5-8-6-10(15-2)12(14)11(7-8)16-3/h6-7,14H,4-5H2,1-3H3. The van der Waals surface area contributed by atoms with E-state index in [0.717, 1.165) is 5.56 Å². The fraction of sp³-hybridized carbons (Fsp3) is 0.417. The summed E-state index contributed by atoms with van der Waals surface area (Å²) in [6, 6.07) is 3.29. The number of Topliss-reactive ketones (excluding diaryl/α,β-unsaturated/α-hetero) is 1. The first kappa shape index (κ1) is 12.4. The van der Waals surface area contributed by atoms with Crippen LogP contribution in [0.4, 0.5) is 0 Å². The van der Waals surface area contributed by atoms with E-state index in [1.165, 1.54) is 14.2 Å². The van der Waals surface area contributed by atoms with E-state index in [1.54, 1.807) is 12.1 Å². The number of ether oxygens (including phenoxy) is 2. The second kappa shape index (κ2) is 5.39. The van der Waals surface area contributed by atoms with E-state index < -0.39 is 0 Å². The van der Waals surface area contributed by atoms with E-state index >= 15 is 0 Å².